The van der Waals surface area contributed by atoms with Gasteiger partial charge < -0.3 is 15.5 Å². The number of carbonyl (C=O) groups is 1. The van der Waals surface area contributed by atoms with E-state index in [1.54, 1.807) is 0 Å². The molecular formula is C15H32N4O. The Bertz CT molecular complexity index is 309. The Morgan fingerprint density at radius 3 is 2.20 bits per heavy atom. The number of rotatable bonds is 6. The second-order valence-electron chi connectivity index (χ2n) is 6.74. The highest BCUT2D eigenvalue weighted by Gasteiger charge is 2.29. The van der Waals surface area contributed by atoms with Gasteiger partial charge in [0.25, 0.3) is 0 Å². The molecular weight excluding hydrogens is 252 g/mol. The molecule has 20 heavy (non-hydrogen) atoms. The molecule has 1 amide bonds. The van der Waals surface area contributed by atoms with Crippen molar-refractivity contribution in [1.82, 2.24) is 20.4 Å². The lowest BCUT2D eigenvalue weighted by atomic mass is 10.00. The van der Waals surface area contributed by atoms with E-state index < -0.39 is 5.54 Å². The van der Waals surface area contributed by atoms with Crippen LogP contribution in [-0.2, 0) is 4.79 Å². The number of nitrogens with one attached hydrogen (secondary N) is 2. The molecule has 118 valence electrons. The number of piperazine rings is 1. The van der Waals surface area contributed by atoms with Crippen LogP contribution in [-0.4, -0.2) is 74.1 Å². The standard InChI is InChI=1S/C15H32N4O/c1-12(2)13(19-9-7-18(6)8-10-19)11-17-14(20)15(3,4)16-5/h12-13,16H,7-11H2,1-6H3,(H,17,20). The van der Waals surface area contributed by atoms with Crippen molar-refractivity contribution in [2.24, 2.45) is 5.92 Å². The molecule has 1 unspecified atom stereocenters. The van der Waals surface area contributed by atoms with Crippen LogP contribution in [0.5, 0.6) is 0 Å². The van der Waals surface area contributed by atoms with Gasteiger partial charge in [-0.15, -0.1) is 0 Å². The van der Waals surface area contributed by atoms with E-state index in [2.05, 4.69) is 41.3 Å². The molecule has 0 aromatic heterocycles. The zero-order chi connectivity index (χ0) is 15.3. The van der Waals surface area contributed by atoms with Gasteiger partial charge in [-0.25, -0.2) is 0 Å². The lowest BCUT2D eigenvalue weighted by Gasteiger charge is -2.40. The van der Waals surface area contributed by atoms with Crippen LogP contribution in [0, 0.1) is 5.92 Å². The molecule has 5 nitrogen and oxygen atoms in total. The second-order valence-corrected chi connectivity index (χ2v) is 6.74. The zero-order valence-corrected chi connectivity index (χ0v) is 14.0. The minimum absolute atomic E-state index is 0.0692. The molecule has 0 bridgehead atoms. The van der Waals surface area contributed by atoms with Gasteiger partial charge >= 0.3 is 0 Å². The summed E-state index contributed by atoms with van der Waals surface area (Å²) in [4.78, 5) is 17.0. The topological polar surface area (TPSA) is 47.6 Å². The Morgan fingerprint density at radius 1 is 1.20 bits per heavy atom. The fraction of sp³-hybridized carbons (Fsp3) is 0.933. The number of carbonyl (C=O) groups excluding carboxylic acids is 1. The number of likely N-dealkylation sites (N-methyl/N-ethyl adjacent to an activating group) is 2. The molecule has 0 saturated carbocycles. The van der Waals surface area contributed by atoms with Gasteiger partial charge in [0.2, 0.25) is 5.91 Å². The molecule has 0 aliphatic carbocycles. The van der Waals surface area contributed by atoms with Crippen LogP contribution in [0.15, 0.2) is 0 Å². The van der Waals surface area contributed by atoms with E-state index >= 15 is 0 Å². The number of hydrogen-bond acceptors (Lipinski definition) is 4. The molecule has 0 aromatic rings. The van der Waals surface area contributed by atoms with E-state index in [1.165, 1.54) is 0 Å². The first-order valence-corrected chi connectivity index (χ1v) is 7.67. The van der Waals surface area contributed by atoms with Crippen LogP contribution in [0.4, 0.5) is 0 Å². The van der Waals surface area contributed by atoms with Crippen LogP contribution in [0.2, 0.25) is 0 Å². The van der Waals surface area contributed by atoms with Crippen molar-refractivity contribution in [2.75, 3.05) is 46.8 Å². The van der Waals surface area contributed by atoms with E-state index in [1.807, 2.05) is 20.9 Å². The van der Waals surface area contributed by atoms with Crippen molar-refractivity contribution in [3.05, 3.63) is 0 Å². The van der Waals surface area contributed by atoms with Gasteiger partial charge in [0.1, 0.15) is 0 Å². The molecule has 1 heterocycles. The molecule has 1 aliphatic rings. The molecule has 1 atom stereocenters. The molecule has 0 radical (unpaired) electrons. The SMILES string of the molecule is CNC(C)(C)C(=O)NCC(C(C)C)N1CCN(C)CC1. The van der Waals surface area contributed by atoms with Gasteiger partial charge in [0.15, 0.2) is 0 Å². The van der Waals surface area contributed by atoms with Crippen LogP contribution in [0.1, 0.15) is 27.7 Å². The first-order valence-electron chi connectivity index (χ1n) is 7.67. The third-order valence-corrected chi connectivity index (χ3v) is 4.44. The van der Waals surface area contributed by atoms with E-state index in [0.717, 1.165) is 32.7 Å². The van der Waals surface area contributed by atoms with E-state index in [0.29, 0.717) is 12.0 Å². The maximum absolute atomic E-state index is 12.2. The van der Waals surface area contributed by atoms with Gasteiger partial charge in [-0.2, -0.15) is 0 Å². The monoisotopic (exact) mass is 284 g/mol. The molecule has 1 aliphatic heterocycles. The summed E-state index contributed by atoms with van der Waals surface area (Å²) in [6.07, 6.45) is 0. The highest BCUT2D eigenvalue weighted by Crippen LogP contribution is 2.13. The van der Waals surface area contributed by atoms with Crippen molar-refractivity contribution >= 4 is 5.91 Å². The van der Waals surface area contributed by atoms with Crippen molar-refractivity contribution in [3.63, 3.8) is 0 Å². The van der Waals surface area contributed by atoms with Gasteiger partial charge in [-0.05, 0) is 33.9 Å². The highest BCUT2D eigenvalue weighted by atomic mass is 16.2. The number of amides is 1. The maximum Gasteiger partial charge on any atom is 0.239 e. The van der Waals surface area contributed by atoms with Crippen LogP contribution in [0.25, 0.3) is 0 Å². The average molecular weight is 284 g/mol. The van der Waals surface area contributed by atoms with Gasteiger partial charge in [0, 0.05) is 38.8 Å². The summed E-state index contributed by atoms with van der Waals surface area (Å²) in [5, 5.41) is 6.15. The van der Waals surface area contributed by atoms with E-state index in [4.69, 9.17) is 0 Å². The first kappa shape index (κ1) is 17.4. The molecule has 0 spiro atoms. The maximum atomic E-state index is 12.2. The van der Waals surface area contributed by atoms with Crippen LogP contribution >= 0.6 is 0 Å². The predicted octanol–water partition coefficient (Wildman–Crippen LogP) is 0.373. The fourth-order valence-electron chi connectivity index (χ4n) is 2.47. The summed E-state index contributed by atoms with van der Waals surface area (Å²) in [6, 6.07) is 0.417. The Hall–Kier alpha value is -0.650. The summed E-state index contributed by atoms with van der Waals surface area (Å²) in [5.41, 5.74) is -0.510. The largest absolute Gasteiger partial charge is 0.353 e. The number of nitrogens with zero attached hydrogens (tertiary/aromatic N) is 2. The average Bonchev–Trinajstić information content (AvgIpc) is 2.40. The lowest BCUT2D eigenvalue weighted by molar-refractivity contribution is -0.126. The van der Waals surface area contributed by atoms with Crippen molar-refractivity contribution in [2.45, 2.75) is 39.3 Å². The summed E-state index contributed by atoms with van der Waals surface area (Å²) in [5.74, 6) is 0.608. The fourth-order valence-corrected chi connectivity index (χ4v) is 2.47. The lowest BCUT2D eigenvalue weighted by Crippen LogP contribution is -2.57. The summed E-state index contributed by atoms with van der Waals surface area (Å²) in [7, 11) is 3.99. The Labute approximate surface area is 124 Å². The smallest absolute Gasteiger partial charge is 0.239 e. The molecule has 1 saturated heterocycles. The quantitative estimate of drug-likeness (QED) is 0.740. The van der Waals surface area contributed by atoms with Crippen molar-refractivity contribution in [1.29, 1.82) is 0 Å². The number of hydrogen-bond donors (Lipinski definition) is 2. The van der Waals surface area contributed by atoms with Crippen molar-refractivity contribution < 1.29 is 4.79 Å². The predicted molar refractivity (Wildman–Crippen MR) is 83.8 cm³/mol. The molecule has 1 fully saturated rings. The minimum Gasteiger partial charge on any atom is -0.353 e. The zero-order valence-electron chi connectivity index (χ0n) is 14.0. The highest BCUT2D eigenvalue weighted by molar-refractivity contribution is 5.85. The third kappa shape index (κ3) is 4.72. The van der Waals surface area contributed by atoms with Crippen molar-refractivity contribution in [3.8, 4) is 0 Å². The van der Waals surface area contributed by atoms with Crippen LogP contribution < -0.4 is 10.6 Å². The van der Waals surface area contributed by atoms with E-state index in [-0.39, 0.29) is 5.91 Å². The molecule has 1 rings (SSSR count). The Kier molecular flexibility index (Phi) is 6.43. The summed E-state index contributed by atoms with van der Waals surface area (Å²) in [6.45, 7) is 13.4. The second kappa shape index (κ2) is 7.38. The Balaban J connectivity index is 2.54. The van der Waals surface area contributed by atoms with E-state index in [9.17, 15) is 4.79 Å². The molecule has 0 aromatic carbocycles. The third-order valence-electron chi connectivity index (χ3n) is 4.44. The molecule has 2 N–H and O–H groups in total. The first-order chi connectivity index (χ1) is 9.27. The normalized spacial score (nSPS) is 20.1. The summed E-state index contributed by atoms with van der Waals surface area (Å²) >= 11 is 0. The minimum atomic E-state index is -0.510. The molecule has 5 heteroatoms. The Morgan fingerprint density at radius 2 is 1.75 bits per heavy atom. The van der Waals surface area contributed by atoms with Gasteiger partial charge in [-0.1, -0.05) is 13.8 Å². The van der Waals surface area contributed by atoms with Crippen LogP contribution in [0.3, 0.4) is 0 Å². The van der Waals surface area contributed by atoms with Gasteiger partial charge in [-0.3, -0.25) is 9.69 Å². The van der Waals surface area contributed by atoms with Gasteiger partial charge in [0.05, 0.1) is 5.54 Å². The summed E-state index contributed by atoms with van der Waals surface area (Å²) < 4.78 is 0.